The summed E-state index contributed by atoms with van der Waals surface area (Å²) in [5.74, 6) is 0. The van der Waals surface area contributed by atoms with E-state index in [0.29, 0.717) is 12.8 Å². The molecule has 2 unspecified atom stereocenters. The van der Waals surface area contributed by atoms with Gasteiger partial charge in [0.15, 0.2) is 9.84 Å². The minimum atomic E-state index is -3.24. The predicted molar refractivity (Wildman–Crippen MR) is 72.3 cm³/mol. The summed E-state index contributed by atoms with van der Waals surface area (Å²) < 4.78 is 23.7. The van der Waals surface area contributed by atoms with Gasteiger partial charge in [0.25, 0.3) is 0 Å². The number of benzene rings is 1. The molecule has 4 heteroatoms. The van der Waals surface area contributed by atoms with Crippen LogP contribution in [0.5, 0.6) is 0 Å². The van der Waals surface area contributed by atoms with E-state index in [2.05, 4.69) is 0 Å². The third kappa shape index (κ3) is 2.19. The average Bonchev–Trinajstić information content (AvgIpc) is 2.65. The van der Waals surface area contributed by atoms with Gasteiger partial charge in [-0.3, -0.25) is 0 Å². The van der Waals surface area contributed by atoms with Gasteiger partial charge in [0, 0.05) is 6.26 Å². The lowest BCUT2D eigenvalue weighted by Crippen LogP contribution is -2.40. The third-order valence-corrected chi connectivity index (χ3v) is 5.59. The molecule has 0 aliphatic heterocycles. The van der Waals surface area contributed by atoms with E-state index < -0.39 is 20.7 Å². The Kier molecular flexibility index (Phi) is 3.28. The van der Waals surface area contributed by atoms with Crippen LogP contribution in [0, 0.1) is 13.8 Å². The first-order valence-electron chi connectivity index (χ1n) is 6.24. The largest absolute Gasteiger partial charge is 0.384 e. The minimum absolute atomic E-state index is 0.523. The number of hydrogen-bond acceptors (Lipinski definition) is 3. The van der Waals surface area contributed by atoms with Crippen LogP contribution in [0.15, 0.2) is 18.2 Å². The van der Waals surface area contributed by atoms with Crippen LogP contribution in [0.1, 0.15) is 36.0 Å². The molecule has 1 aliphatic rings. The first kappa shape index (κ1) is 13.6. The molecule has 1 N–H and O–H groups in total. The second-order valence-corrected chi connectivity index (χ2v) is 7.68. The summed E-state index contributed by atoms with van der Waals surface area (Å²) >= 11 is 0. The summed E-state index contributed by atoms with van der Waals surface area (Å²) in [6.45, 7) is 3.88. The second kappa shape index (κ2) is 4.35. The van der Waals surface area contributed by atoms with Crippen LogP contribution < -0.4 is 0 Å². The Morgan fingerprint density at radius 2 is 2.00 bits per heavy atom. The molecule has 1 saturated carbocycles. The van der Waals surface area contributed by atoms with Crippen LogP contribution in [0.4, 0.5) is 0 Å². The van der Waals surface area contributed by atoms with Gasteiger partial charge in [-0.2, -0.15) is 0 Å². The molecule has 0 amide bonds. The maximum absolute atomic E-state index is 11.9. The molecule has 2 atom stereocenters. The van der Waals surface area contributed by atoms with Crippen LogP contribution in [0.25, 0.3) is 0 Å². The van der Waals surface area contributed by atoms with Crippen molar-refractivity contribution < 1.29 is 13.5 Å². The van der Waals surface area contributed by atoms with Gasteiger partial charge in [0.1, 0.15) is 5.60 Å². The van der Waals surface area contributed by atoms with Crippen LogP contribution in [-0.2, 0) is 15.4 Å². The Morgan fingerprint density at radius 1 is 1.33 bits per heavy atom. The van der Waals surface area contributed by atoms with E-state index in [1.165, 1.54) is 6.26 Å². The van der Waals surface area contributed by atoms with Crippen LogP contribution in [-0.4, -0.2) is 25.0 Å². The molecule has 1 aliphatic carbocycles. The van der Waals surface area contributed by atoms with E-state index in [1.807, 2.05) is 32.0 Å². The van der Waals surface area contributed by atoms with E-state index in [0.717, 1.165) is 23.1 Å². The first-order valence-corrected chi connectivity index (χ1v) is 8.19. The maximum atomic E-state index is 11.9. The zero-order valence-corrected chi connectivity index (χ0v) is 11.9. The van der Waals surface area contributed by atoms with Gasteiger partial charge in [-0.15, -0.1) is 0 Å². The lowest BCUT2D eigenvalue weighted by atomic mass is 9.87. The predicted octanol–water partition coefficient (Wildman–Crippen LogP) is 2.09. The van der Waals surface area contributed by atoms with Crippen molar-refractivity contribution >= 4 is 9.84 Å². The molecule has 0 saturated heterocycles. The van der Waals surface area contributed by atoms with Gasteiger partial charge in [-0.25, -0.2) is 8.42 Å². The van der Waals surface area contributed by atoms with Crippen LogP contribution in [0.3, 0.4) is 0 Å². The van der Waals surface area contributed by atoms with Crippen LogP contribution >= 0.6 is 0 Å². The number of aryl methyl sites for hydroxylation is 2. The zero-order valence-electron chi connectivity index (χ0n) is 11.1. The molecule has 3 nitrogen and oxygen atoms in total. The Balaban J connectivity index is 2.57. The monoisotopic (exact) mass is 268 g/mol. The topological polar surface area (TPSA) is 54.4 Å². The van der Waals surface area contributed by atoms with Crippen LogP contribution in [0.2, 0.25) is 0 Å². The fourth-order valence-corrected chi connectivity index (χ4v) is 4.58. The molecule has 0 heterocycles. The van der Waals surface area contributed by atoms with E-state index >= 15 is 0 Å². The Hall–Kier alpha value is -0.870. The fraction of sp³-hybridized carbons (Fsp3) is 0.571. The molecular formula is C14H20O3S. The van der Waals surface area contributed by atoms with Gasteiger partial charge in [0.2, 0.25) is 0 Å². The molecule has 1 aromatic carbocycles. The normalized spacial score (nSPS) is 28.6. The summed E-state index contributed by atoms with van der Waals surface area (Å²) in [5.41, 5.74) is 1.56. The van der Waals surface area contributed by atoms with Gasteiger partial charge in [-0.05, 0) is 44.2 Å². The van der Waals surface area contributed by atoms with Crippen molar-refractivity contribution in [1.29, 1.82) is 0 Å². The maximum Gasteiger partial charge on any atom is 0.153 e. The molecular weight excluding hydrogens is 248 g/mol. The van der Waals surface area contributed by atoms with Gasteiger partial charge >= 0.3 is 0 Å². The number of sulfone groups is 1. The zero-order chi connectivity index (χ0) is 13.6. The lowest BCUT2D eigenvalue weighted by molar-refractivity contribution is 0.0470. The van der Waals surface area contributed by atoms with Crippen molar-refractivity contribution in [2.24, 2.45) is 0 Å². The minimum Gasteiger partial charge on any atom is -0.384 e. The summed E-state index contributed by atoms with van der Waals surface area (Å²) in [4.78, 5) is 0. The van der Waals surface area contributed by atoms with Crippen molar-refractivity contribution in [3.05, 3.63) is 34.9 Å². The van der Waals surface area contributed by atoms with E-state index in [-0.39, 0.29) is 0 Å². The smallest absolute Gasteiger partial charge is 0.153 e. The molecule has 18 heavy (non-hydrogen) atoms. The summed E-state index contributed by atoms with van der Waals surface area (Å²) in [5, 5.41) is 10.2. The summed E-state index contributed by atoms with van der Waals surface area (Å²) in [6.07, 6.45) is 3.04. The van der Waals surface area contributed by atoms with E-state index in [4.69, 9.17) is 0 Å². The van der Waals surface area contributed by atoms with Crippen molar-refractivity contribution in [2.75, 3.05) is 6.26 Å². The Bertz CT molecular complexity index is 562. The van der Waals surface area contributed by atoms with E-state index in [1.54, 1.807) is 0 Å². The Morgan fingerprint density at radius 3 is 2.61 bits per heavy atom. The fourth-order valence-electron chi connectivity index (χ4n) is 3.04. The van der Waals surface area contributed by atoms with Gasteiger partial charge < -0.3 is 5.11 Å². The van der Waals surface area contributed by atoms with E-state index in [9.17, 15) is 13.5 Å². The molecule has 2 rings (SSSR count). The molecule has 0 aromatic heterocycles. The summed E-state index contributed by atoms with van der Waals surface area (Å²) in [6, 6.07) is 5.84. The SMILES string of the molecule is Cc1ccc(C)c(C2(O)CCCC2S(C)(=O)=O)c1. The quantitative estimate of drug-likeness (QED) is 0.893. The number of aliphatic hydroxyl groups is 1. The van der Waals surface area contributed by atoms with Crippen molar-refractivity contribution in [3.8, 4) is 0 Å². The average molecular weight is 268 g/mol. The van der Waals surface area contributed by atoms with Crippen molar-refractivity contribution in [3.63, 3.8) is 0 Å². The molecule has 0 spiro atoms. The Labute approximate surface area is 109 Å². The number of rotatable bonds is 2. The molecule has 1 fully saturated rings. The highest BCUT2D eigenvalue weighted by Crippen LogP contribution is 2.43. The summed E-state index contributed by atoms with van der Waals surface area (Å²) in [7, 11) is -3.24. The van der Waals surface area contributed by atoms with Gasteiger partial charge in [0.05, 0.1) is 5.25 Å². The number of hydrogen-bond donors (Lipinski definition) is 1. The highest BCUT2D eigenvalue weighted by Gasteiger charge is 2.48. The molecule has 1 aromatic rings. The standard InChI is InChI=1S/C14H20O3S/c1-10-6-7-11(2)12(9-10)14(15)8-4-5-13(14)18(3,16)17/h6-7,9,13,15H,4-5,8H2,1-3H3. The lowest BCUT2D eigenvalue weighted by Gasteiger charge is -2.31. The van der Waals surface area contributed by atoms with Crippen molar-refractivity contribution in [1.82, 2.24) is 0 Å². The van der Waals surface area contributed by atoms with Crippen molar-refractivity contribution in [2.45, 2.75) is 44.0 Å². The third-order valence-electron chi connectivity index (χ3n) is 3.93. The second-order valence-electron chi connectivity index (χ2n) is 5.45. The first-order chi connectivity index (χ1) is 8.25. The highest BCUT2D eigenvalue weighted by molar-refractivity contribution is 7.91. The highest BCUT2D eigenvalue weighted by atomic mass is 32.2. The van der Waals surface area contributed by atoms with Gasteiger partial charge in [-0.1, -0.05) is 23.8 Å². The molecule has 0 bridgehead atoms. The molecule has 0 radical (unpaired) electrons. The molecule has 100 valence electrons.